The first kappa shape index (κ1) is 34.5. The smallest absolute Gasteiger partial charge is 0.264 e. The Morgan fingerprint density at radius 1 is 0.870 bits per heavy atom. The van der Waals surface area contributed by atoms with E-state index in [1.165, 1.54) is 30.2 Å². The van der Waals surface area contributed by atoms with Crippen LogP contribution in [0.5, 0.6) is 5.75 Å². The molecule has 4 aromatic carbocycles. The van der Waals surface area contributed by atoms with Gasteiger partial charge in [0.05, 0.1) is 22.7 Å². The summed E-state index contributed by atoms with van der Waals surface area (Å²) < 4.78 is 34.6. The molecule has 46 heavy (non-hydrogen) atoms. The second-order valence-electron chi connectivity index (χ2n) is 11.5. The molecular weight excluding hydrogens is 622 g/mol. The molecule has 10 heteroatoms. The van der Waals surface area contributed by atoms with E-state index in [1.54, 1.807) is 30.3 Å². The summed E-state index contributed by atoms with van der Waals surface area (Å²) in [5.41, 5.74) is 2.86. The highest BCUT2D eigenvalue weighted by Gasteiger charge is 2.35. The minimum Gasteiger partial charge on any atom is -0.495 e. The van der Waals surface area contributed by atoms with Crippen molar-refractivity contribution in [2.75, 3.05) is 24.5 Å². The molecule has 0 spiro atoms. The van der Waals surface area contributed by atoms with Crippen LogP contribution in [0.3, 0.4) is 0 Å². The molecule has 0 radical (unpaired) electrons. The van der Waals surface area contributed by atoms with Crippen LogP contribution in [0.15, 0.2) is 108 Å². The monoisotopic (exact) mass is 661 g/mol. The highest BCUT2D eigenvalue weighted by atomic mass is 35.5. The fraction of sp³-hybridized carbons (Fsp3) is 0.278. The van der Waals surface area contributed by atoms with E-state index in [2.05, 4.69) is 5.32 Å². The summed E-state index contributed by atoms with van der Waals surface area (Å²) in [5, 5.41) is 3.19. The van der Waals surface area contributed by atoms with Gasteiger partial charge >= 0.3 is 0 Å². The lowest BCUT2D eigenvalue weighted by Crippen LogP contribution is -2.53. The topological polar surface area (TPSA) is 96.0 Å². The molecule has 242 valence electrons. The zero-order chi connectivity index (χ0) is 33.3. The van der Waals surface area contributed by atoms with E-state index >= 15 is 0 Å². The average molecular weight is 662 g/mol. The number of sulfonamides is 1. The second kappa shape index (κ2) is 15.8. The number of nitrogens with zero attached hydrogens (tertiary/aromatic N) is 2. The van der Waals surface area contributed by atoms with Crippen LogP contribution in [0.25, 0.3) is 0 Å². The van der Waals surface area contributed by atoms with Gasteiger partial charge in [-0.1, -0.05) is 104 Å². The molecule has 0 saturated carbocycles. The number of carbonyl (C=O) groups excluding carboxylic acids is 2. The molecule has 0 aromatic heterocycles. The summed E-state index contributed by atoms with van der Waals surface area (Å²) >= 11 is 6.44. The third kappa shape index (κ3) is 8.89. The number of rotatable bonds is 14. The lowest BCUT2D eigenvalue weighted by atomic mass is 10.0. The molecule has 0 fully saturated rings. The van der Waals surface area contributed by atoms with Crippen LogP contribution in [0, 0.1) is 12.8 Å². The van der Waals surface area contributed by atoms with Crippen molar-refractivity contribution >= 4 is 39.1 Å². The van der Waals surface area contributed by atoms with E-state index in [-0.39, 0.29) is 40.4 Å². The van der Waals surface area contributed by atoms with Crippen molar-refractivity contribution in [3.05, 3.63) is 125 Å². The molecule has 1 N–H and O–H groups in total. The molecule has 0 unspecified atom stereocenters. The maximum absolute atomic E-state index is 14.6. The van der Waals surface area contributed by atoms with Crippen molar-refractivity contribution in [3.8, 4) is 5.75 Å². The number of hydrogen-bond donors (Lipinski definition) is 1. The molecule has 0 aliphatic carbocycles. The Labute approximate surface area is 277 Å². The Hall–Kier alpha value is -4.34. The largest absolute Gasteiger partial charge is 0.495 e. The molecular formula is C36H40ClN3O5S. The van der Waals surface area contributed by atoms with Gasteiger partial charge in [-0.2, -0.15) is 0 Å². The first-order valence-electron chi connectivity index (χ1n) is 15.1. The zero-order valence-electron chi connectivity index (χ0n) is 26.5. The third-order valence-corrected chi connectivity index (χ3v) is 9.51. The van der Waals surface area contributed by atoms with Gasteiger partial charge in [0.1, 0.15) is 18.3 Å². The number of nitrogens with one attached hydrogen (secondary N) is 1. The first-order chi connectivity index (χ1) is 22.0. The highest BCUT2D eigenvalue weighted by molar-refractivity contribution is 7.92. The van der Waals surface area contributed by atoms with Crippen molar-refractivity contribution in [1.29, 1.82) is 0 Å². The zero-order valence-corrected chi connectivity index (χ0v) is 28.1. The maximum atomic E-state index is 14.6. The summed E-state index contributed by atoms with van der Waals surface area (Å²) in [7, 11) is -2.78. The summed E-state index contributed by atoms with van der Waals surface area (Å²) in [5.74, 6) is -0.315. The SMILES string of the molecule is COc1ccc(N(CC(=O)N(Cc2cccc(C)c2)[C@@H](Cc2ccccc2)C(=O)NCC(C)C)S(=O)(=O)c2ccccc2)cc1Cl. The van der Waals surface area contributed by atoms with Crippen LogP contribution in [-0.2, 0) is 32.6 Å². The summed E-state index contributed by atoms with van der Waals surface area (Å²) in [6, 6.07) is 28.7. The third-order valence-electron chi connectivity index (χ3n) is 7.42. The Morgan fingerprint density at radius 3 is 2.13 bits per heavy atom. The minimum absolute atomic E-state index is 0.00971. The molecule has 0 saturated heterocycles. The van der Waals surface area contributed by atoms with Gasteiger partial charge in [0.15, 0.2) is 0 Å². The molecule has 2 amide bonds. The van der Waals surface area contributed by atoms with E-state index < -0.39 is 28.5 Å². The van der Waals surface area contributed by atoms with Gasteiger partial charge in [0.2, 0.25) is 11.8 Å². The Bertz CT molecular complexity index is 1730. The number of ether oxygens (including phenoxy) is 1. The maximum Gasteiger partial charge on any atom is 0.264 e. The first-order valence-corrected chi connectivity index (χ1v) is 16.9. The van der Waals surface area contributed by atoms with Gasteiger partial charge in [-0.05, 0) is 54.3 Å². The predicted octanol–water partition coefficient (Wildman–Crippen LogP) is 6.26. The van der Waals surface area contributed by atoms with Gasteiger partial charge < -0.3 is 15.0 Å². The Balaban J connectivity index is 1.81. The molecule has 8 nitrogen and oxygen atoms in total. The van der Waals surface area contributed by atoms with E-state index in [0.29, 0.717) is 12.3 Å². The number of hydrogen-bond acceptors (Lipinski definition) is 5. The van der Waals surface area contributed by atoms with Crippen LogP contribution in [0.2, 0.25) is 5.02 Å². The molecule has 1 atom stereocenters. The number of anilines is 1. The minimum atomic E-state index is -4.24. The fourth-order valence-corrected chi connectivity index (χ4v) is 6.72. The number of amides is 2. The molecule has 0 aliphatic rings. The second-order valence-corrected chi connectivity index (χ2v) is 13.8. The van der Waals surface area contributed by atoms with Crippen molar-refractivity contribution in [2.45, 2.75) is 44.7 Å². The van der Waals surface area contributed by atoms with E-state index in [0.717, 1.165) is 21.0 Å². The van der Waals surface area contributed by atoms with E-state index in [1.807, 2.05) is 75.4 Å². The van der Waals surface area contributed by atoms with Crippen LogP contribution < -0.4 is 14.4 Å². The van der Waals surface area contributed by atoms with E-state index in [4.69, 9.17) is 16.3 Å². The number of benzene rings is 4. The van der Waals surface area contributed by atoms with Gasteiger partial charge in [-0.3, -0.25) is 13.9 Å². The summed E-state index contributed by atoms with van der Waals surface area (Å²) in [6.07, 6.45) is 0.238. The van der Waals surface area contributed by atoms with Crippen LogP contribution in [0.1, 0.15) is 30.5 Å². The number of halogens is 1. The highest BCUT2D eigenvalue weighted by Crippen LogP contribution is 2.32. The Morgan fingerprint density at radius 2 is 1.52 bits per heavy atom. The number of aryl methyl sites for hydroxylation is 1. The number of methoxy groups -OCH3 is 1. The van der Waals surface area contributed by atoms with Crippen LogP contribution in [0.4, 0.5) is 5.69 Å². The predicted molar refractivity (Wildman–Crippen MR) is 182 cm³/mol. The fourth-order valence-electron chi connectivity index (χ4n) is 5.04. The number of carbonyl (C=O) groups is 2. The van der Waals surface area contributed by atoms with Crippen molar-refractivity contribution in [1.82, 2.24) is 10.2 Å². The summed E-state index contributed by atoms with van der Waals surface area (Å²) in [6.45, 7) is 5.89. The lowest BCUT2D eigenvalue weighted by Gasteiger charge is -2.34. The van der Waals surface area contributed by atoms with Crippen molar-refractivity contribution < 1.29 is 22.7 Å². The standard InChI is InChI=1S/C36H40ClN3O5S/c1-26(2)23-38-36(42)33(21-28-13-7-5-8-14-28)39(24-29-15-11-12-27(3)20-29)35(41)25-40(30-18-19-34(45-4)32(37)22-30)46(43,44)31-16-9-6-10-17-31/h5-20,22,26,33H,21,23-25H2,1-4H3,(H,38,42)/t33-/m0/s1. The lowest BCUT2D eigenvalue weighted by molar-refractivity contribution is -0.140. The normalized spacial score (nSPS) is 12.0. The van der Waals surface area contributed by atoms with Gasteiger partial charge in [0.25, 0.3) is 10.0 Å². The van der Waals surface area contributed by atoms with Gasteiger partial charge in [0, 0.05) is 19.5 Å². The van der Waals surface area contributed by atoms with E-state index in [9.17, 15) is 18.0 Å². The molecule has 0 heterocycles. The van der Waals surface area contributed by atoms with Crippen LogP contribution >= 0.6 is 11.6 Å². The van der Waals surface area contributed by atoms with Crippen molar-refractivity contribution in [2.24, 2.45) is 5.92 Å². The Kier molecular flexibility index (Phi) is 11.8. The van der Waals surface area contributed by atoms with Gasteiger partial charge in [-0.25, -0.2) is 8.42 Å². The molecule has 4 rings (SSSR count). The quantitative estimate of drug-likeness (QED) is 0.172. The summed E-state index contributed by atoms with van der Waals surface area (Å²) in [4.78, 5) is 29.9. The molecule has 0 aliphatic heterocycles. The molecule has 4 aromatic rings. The van der Waals surface area contributed by atoms with Gasteiger partial charge in [-0.15, -0.1) is 0 Å². The van der Waals surface area contributed by atoms with Crippen LogP contribution in [-0.4, -0.2) is 51.4 Å². The average Bonchev–Trinajstić information content (AvgIpc) is 3.04. The van der Waals surface area contributed by atoms with Crippen molar-refractivity contribution in [3.63, 3.8) is 0 Å². The molecule has 0 bridgehead atoms.